The van der Waals surface area contributed by atoms with Crippen LogP contribution in [0.3, 0.4) is 0 Å². The smallest absolute Gasteiger partial charge is 0.239 e. The summed E-state index contributed by atoms with van der Waals surface area (Å²) < 4.78 is 21.5. The SMILES string of the molecule is COc1cc2oc(-c3ccc(O)c(O)c3)c(OC3OC(CO)C(O)C(O)C3O)c(=O)c2c(O)c1O. The summed E-state index contributed by atoms with van der Waals surface area (Å²) in [6, 6.07) is 4.52. The maximum absolute atomic E-state index is 13.4. The number of rotatable bonds is 5. The van der Waals surface area contributed by atoms with Gasteiger partial charge in [0.15, 0.2) is 28.8 Å². The van der Waals surface area contributed by atoms with Gasteiger partial charge in [-0.25, -0.2) is 0 Å². The number of hydrogen-bond donors (Lipinski definition) is 8. The minimum Gasteiger partial charge on any atom is -0.504 e. The molecule has 13 nitrogen and oxygen atoms in total. The quantitative estimate of drug-likeness (QED) is 0.209. The average Bonchev–Trinajstić information content (AvgIpc) is 2.84. The number of phenols is 4. The van der Waals surface area contributed by atoms with Crippen molar-refractivity contribution in [1.29, 1.82) is 0 Å². The summed E-state index contributed by atoms with van der Waals surface area (Å²) in [5.74, 6) is -3.98. The highest BCUT2D eigenvalue weighted by Crippen LogP contribution is 2.44. The molecule has 1 aliphatic rings. The molecule has 5 atom stereocenters. The van der Waals surface area contributed by atoms with E-state index in [0.717, 1.165) is 18.2 Å². The summed E-state index contributed by atoms with van der Waals surface area (Å²) in [6.07, 6.45) is -8.55. The molecule has 0 bridgehead atoms. The Morgan fingerprint density at radius 2 is 1.66 bits per heavy atom. The molecule has 1 saturated heterocycles. The second-order valence-corrected chi connectivity index (χ2v) is 7.76. The molecule has 2 aromatic carbocycles. The highest BCUT2D eigenvalue weighted by atomic mass is 16.7. The van der Waals surface area contributed by atoms with Gasteiger partial charge in [0.05, 0.1) is 13.7 Å². The van der Waals surface area contributed by atoms with Crippen molar-refractivity contribution in [1.82, 2.24) is 0 Å². The van der Waals surface area contributed by atoms with Crippen molar-refractivity contribution in [3.63, 3.8) is 0 Å². The minimum absolute atomic E-state index is 0.00502. The molecule has 1 fully saturated rings. The van der Waals surface area contributed by atoms with Crippen LogP contribution >= 0.6 is 0 Å². The Kier molecular flexibility index (Phi) is 6.36. The van der Waals surface area contributed by atoms with E-state index in [4.69, 9.17) is 18.6 Å². The maximum Gasteiger partial charge on any atom is 0.239 e. The van der Waals surface area contributed by atoms with Gasteiger partial charge in [-0.15, -0.1) is 0 Å². The third-order valence-electron chi connectivity index (χ3n) is 5.59. The third-order valence-corrected chi connectivity index (χ3v) is 5.59. The van der Waals surface area contributed by atoms with Crippen molar-refractivity contribution in [2.75, 3.05) is 13.7 Å². The summed E-state index contributed by atoms with van der Waals surface area (Å²) >= 11 is 0. The molecule has 8 N–H and O–H groups in total. The number of phenolic OH excluding ortho intramolecular Hbond substituents is 4. The minimum atomic E-state index is -1.89. The standard InChI is InChI=1S/C22H22O13/c1-32-11-5-10-13(16(28)14(11)26)17(29)21(20(33-10)7-2-3-8(24)9(25)4-7)35-22-19(31)18(30)15(27)12(6-23)34-22/h2-5,12,15,18-19,22-28,30-31H,6H2,1H3. The highest BCUT2D eigenvalue weighted by Gasteiger charge is 2.45. The number of aromatic hydroxyl groups is 4. The zero-order chi connectivity index (χ0) is 25.6. The Bertz CT molecular complexity index is 1320. The van der Waals surface area contributed by atoms with E-state index in [0.29, 0.717) is 0 Å². The fourth-order valence-electron chi connectivity index (χ4n) is 3.68. The molecular formula is C22H22O13. The van der Waals surface area contributed by atoms with Crippen molar-refractivity contribution >= 4 is 11.0 Å². The normalized spacial score (nSPS) is 24.4. The van der Waals surface area contributed by atoms with Crippen LogP contribution in [-0.2, 0) is 4.74 Å². The van der Waals surface area contributed by atoms with Crippen LogP contribution in [0.4, 0.5) is 0 Å². The number of fused-ring (bicyclic) bond motifs is 1. The van der Waals surface area contributed by atoms with Crippen molar-refractivity contribution in [3.05, 3.63) is 34.5 Å². The summed E-state index contributed by atoms with van der Waals surface area (Å²) in [5.41, 5.74) is -1.31. The van der Waals surface area contributed by atoms with Crippen LogP contribution in [0.15, 0.2) is 33.5 Å². The van der Waals surface area contributed by atoms with E-state index in [1.54, 1.807) is 0 Å². The van der Waals surface area contributed by atoms with Gasteiger partial charge >= 0.3 is 0 Å². The van der Waals surface area contributed by atoms with Crippen LogP contribution in [0.1, 0.15) is 0 Å². The molecule has 13 heteroatoms. The third kappa shape index (κ3) is 4.05. The van der Waals surface area contributed by atoms with Gasteiger partial charge < -0.3 is 59.5 Å². The lowest BCUT2D eigenvalue weighted by molar-refractivity contribution is -0.277. The van der Waals surface area contributed by atoms with E-state index >= 15 is 0 Å². The number of hydrogen-bond acceptors (Lipinski definition) is 13. The van der Waals surface area contributed by atoms with E-state index in [2.05, 4.69) is 0 Å². The van der Waals surface area contributed by atoms with Crippen LogP contribution in [0, 0.1) is 0 Å². The van der Waals surface area contributed by atoms with Crippen LogP contribution in [-0.4, -0.2) is 85.3 Å². The lowest BCUT2D eigenvalue weighted by Gasteiger charge is -2.39. The van der Waals surface area contributed by atoms with E-state index in [9.17, 15) is 45.6 Å². The Labute approximate surface area is 195 Å². The molecule has 0 radical (unpaired) electrons. The molecule has 3 aromatic rings. The molecule has 0 spiro atoms. The summed E-state index contributed by atoms with van der Waals surface area (Å²) in [7, 11) is 1.20. The molecular weight excluding hydrogens is 472 g/mol. The molecule has 5 unspecified atom stereocenters. The van der Waals surface area contributed by atoms with Crippen molar-refractivity contribution in [2.45, 2.75) is 30.7 Å². The lowest BCUT2D eigenvalue weighted by Crippen LogP contribution is -2.60. The molecule has 0 saturated carbocycles. The van der Waals surface area contributed by atoms with Gasteiger partial charge in [-0.3, -0.25) is 4.79 Å². The molecule has 35 heavy (non-hydrogen) atoms. The van der Waals surface area contributed by atoms with Crippen LogP contribution in [0.5, 0.6) is 34.5 Å². The van der Waals surface area contributed by atoms with E-state index in [1.807, 2.05) is 0 Å². The average molecular weight is 494 g/mol. The summed E-state index contributed by atoms with van der Waals surface area (Å²) in [6.45, 7) is -0.760. The summed E-state index contributed by atoms with van der Waals surface area (Å²) in [5, 5.41) is 79.4. The molecule has 0 aliphatic carbocycles. The molecule has 1 aliphatic heterocycles. The molecule has 0 amide bonds. The predicted molar refractivity (Wildman–Crippen MR) is 116 cm³/mol. The molecule has 1 aromatic heterocycles. The number of aliphatic hydroxyl groups is 4. The van der Waals surface area contributed by atoms with Crippen LogP contribution < -0.4 is 14.9 Å². The number of methoxy groups -OCH3 is 1. The Balaban J connectivity index is 1.95. The number of ether oxygens (including phenoxy) is 3. The van der Waals surface area contributed by atoms with E-state index in [-0.39, 0.29) is 22.7 Å². The van der Waals surface area contributed by atoms with Crippen molar-refractivity contribution in [2.24, 2.45) is 0 Å². The highest BCUT2D eigenvalue weighted by molar-refractivity contribution is 5.91. The fraction of sp³-hybridized carbons (Fsp3) is 0.318. The second kappa shape index (κ2) is 9.13. The van der Waals surface area contributed by atoms with Gasteiger partial charge in [0.1, 0.15) is 35.4 Å². The Hall–Kier alpha value is -3.75. The lowest BCUT2D eigenvalue weighted by atomic mass is 9.99. The first kappa shape index (κ1) is 24.4. The van der Waals surface area contributed by atoms with Gasteiger partial charge in [-0.2, -0.15) is 0 Å². The van der Waals surface area contributed by atoms with Gasteiger partial charge in [-0.05, 0) is 18.2 Å². The second-order valence-electron chi connectivity index (χ2n) is 7.76. The first-order valence-corrected chi connectivity index (χ1v) is 10.2. The van der Waals surface area contributed by atoms with Crippen molar-refractivity contribution in [3.8, 4) is 45.8 Å². The Morgan fingerprint density at radius 1 is 0.943 bits per heavy atom. The maximum atomic E-state index is 13.4. The number of benzene rings is 2. The molecule has 2 heterocycles. The van der Waals surface area contributed by atoms with E-state index in [1.165, 1.54) is 13.2 Å². The topological polar surface area (TPSA) is 220 Å². The summed E-state index contributed by atoms with van der Waals surface area (Å²) in [4.78, 5) is 13.4. The van der Waals surface area contributed by atoms with Gasteiger partial charge in [0.2, 0.25) is 23.2 Å². The first-order valence-electron chi connectivity index (χ1n) is 10.2. The van der Waals surface area contributed by atoms with Gasteiger partial charge in [0, 0.05) is 11.6 Å². The first-order chi connectivity index (χ1) is 16.6. The number of aliphatic hydroxyl groups excluding tert-OH is 4. The Morgan fingerprint density at radius 3 is 2.29 bits per heavy atom. The van der Waals surface area contributed by atoms with Gasteiger partial charge in [-0.1, -0.05) is 0 Å². The van der Waals surface area contributed by atoms with Crippen molar-refractivity contribution < 1.29 is 59.5 Å². The zero-order valence-corrected chi connectivity index (χ0v) is 18.0. The largest absolute Gasteiger partial charge is 0.504 e. The zero-order valence-electron chi connectivity index (χ0n) is 18.0. The monoisotopic (exact) mass is 494 g/mol. The fourth-order valence-corrected chi connectivity index (χ4v) is 3.68. The molecule has 4 rings (SSSR count). The van der Waals surface area contributed by atoms with E-state index < -0.39 is 76.9 Å². The van der Waals surface area contributed by atoms with Gasteiger partial charge in [0.25, 0.3) is 0 Å². The van der Waals surface area contributed by atoms with Crippen LogP contribution in [0.25, 0.3) is 22.3 Å². The predicted octanol–water partition coefficient (Wildman–Crippen LogP) is -0.530. The van der Waals surface area contributed by atoms with Crippen LogP contribution in [0.2, 0.25) is 0 Å². The molecule has 188 valence electrons.